The maximum absolute atomic E-state index is 13.3. The van der Waals surface area contributed by atoms with Gasteiger partial charge >= 0.3 is 0 Å². The van der Waals surface area contributed by atoms with Gasteiger partial charge in [0, 0.05) is 29.2 Å². The van der Waals surface area contributed by atoms with Crippen molar-refractivity contribution in [1.29, 1.82) is 5.26 Å². The summed E-state index contributed by atoms with van der Waals surface area (Å²) in [5.41, 5.74) is 2.80. The highest BCUT2D eigenvalue weighted by molar-refractivity contribution is 7.18. The average Bonchev–Trinajstić information content (AvgIpc) is 3.48. The van der Waals surface area contributed by atoms with Crippen LogP contribution in [0.25, 0.3) is 21.1 Å². The number of nitriles is 1. The summed E-state index contributed by atoms with van der Waals surface area (Å²) in [6, 6.07) is 18.6. The first-order valence-electron chi connectivity index (χ1n) is 10.3. The molecule has 1 unspecified atom stereocenters. The predicted octanol–water partition coefficient (Wildman–Crippen LogP) is 5.18. The third kappa shape index (κ3) is 3.41. The van der Waals surface area contributed by atoms with Gasteiger partial charge in [0.25, 0.3) is 0 Å². The number of nitrogens with zero attached hydrogens (tertiary/aromatic N) is 4. The molecule has 1 atom stereocenters. The number of rotatable bonds is 6. The van der Waals surface area contributed by atoms with Crippen molar-refractivity contribution in [3.05, 3.63) is 65.3 Å². The topological polar surface area (TPSA) is 61.9 Å². The van der Waals surface area contributed by atoms with E-state index in [9.17, 15) is 4.79 Å². The van der Waals surface area contributed by atoms with Crippen LogP contribution in [-0.4, -0.2) is 33.3 Å². The molecule has 0 spiro atoms. The van der Waals surface area contributed by atoms with Crippen molar-refractivity contribution >= 4 is 38.2 Å². The normalized spacial score (nSPS) is 17.0. The first-order valence-corrected chi connectivity index (χ1v) is 11.1. The standard InChI is InChI=1S/C24H22N4OS/c25-12-6-14-27-15-18(17-7-1-3-9-20(17)27)22(29)16-28-13-5-10-21(28)24-26-19-8-2-4-11-23(19)30-24/h1-4,7-9,11,15,21H,5-6,10,13-14,16H2. The number of fused-ring (bicyclic) bond motifs is 2. The van der Waals surface area contributed by atoms with Gasteiger partial charge in [-0.3, -0.25) is 9.69 Å². The maximum atomic E-state index is 13.3. The molecule has 5 nitrogen and oxygen atoms in total. The van der Waals surface area contributed by atoms with Crippen LogP contribution in [0, 0.1) is 11.3 Å². The molecule has 6 heteroatoms. The van der Waals surface area contributed by atoms with Crippen molar-refractivity contribution in [3.8, 4) is 6.07 Å². The van der Waals surface area contributed by atoms with Crippen LogP contribution in [-0.2, 0) is 6.54 Å². The minimum atomic E-state index is 0.134. The van der Waals surface area contributed by atoms with Gasteiger partial charge in [-0.1, -0.05) is 30.3 Å². The highest BCUT2D eigenvalue weighted by atomic mass is 32.1. The van der Waals surface area contributed by atoms with Gasteiger partial charge in [-0.25, -0.2) is 4.98 Å². The first kappa shape index (κ1) is 19.0. The van der Waals surface area contributed by atoms with E-state index < -0.39 is 0 Å². The number of hydrogen-bond acceptors (Lipinski definition) is 5. The fourth-order valence-corrected chi connectivity index (χ4v) is 5.56. The molecule has 2 aromatic heterocycles. The quantitative estimate of drug-likeness (QED) is 0.408. The van der Waals surface area contributed by atoms with Crippen LogP contribution in [0.2, 0.25) is 0 Å². The number of likely N-dealkylation sites (tertiary alicyclic amines) is 1. The number of thiazole rings is 1. The summed E-state index contributed by atoms with van der Waals surface area (Å²) >= 11 is 1.74. The highest BCUT2D eigenvalue weighted by Crippen LogP contribution is 2.36. The molecule has 0 amide bonds. The van der Waals surface area contributed by atoms with Crippen molar-refractivity contribution in [3.63, 3.8) is 0 Å². The van der Waals surface area contributed by atoms with Crippen molar-refractivity contribution in [1.82, 2.24) is 14.5 Å². The lowest BCUT2D eigenvalue weighted by molar-refractivity contribution is 0.0923. The molecule has 0 N–H and O–H groups in total. The second kappa shape index (κ2) is 8.02. The van der Waals surface area contributed by atoms with E-state index >= 15 is 0 Å². The van der Waals surface area contributed by atoms with E-state index in [1.807, 2.05) is 47.2 Å². The second-order valence-corrected chi connectivity index (χ2v) is 8.80. The van der Waals surface area contributed by atoms with E-state index in [0.29, 0.717) is 19.5 Å². The number of carbonyl (C=O) groups excluding carboxylic acids is 1. The highest BCUT2D eigenvalue weighted by Gasteiger charge is 2.31. The second-order valence-electron chi connectivity index (χ2n) is 7.73. The van der Waals surface area contributed by atoms with Gasteiger partial charge in [0.2, 0.25) is 0 Å². The number of carbonyl (C=O) groups is 1. The Hall–Kier alpha value is -3.01. The molecule has 4 aromatic rings. The Bertz CT molecular complexity index is 1230. The fourth-order valence-electron chi connectivity index (χ4n) is 4.42. The van der Waals surface area contributed by atoms with E-state index in [2.05, 4.69) is 23.1 Å². The lowest BCUT2D eigenvalue weighted by atomic mass is 10.1. The van der Waals surface area contributed by atoms with Crippen molar-refractivity contribution < 1.29 is 4.79 Å². The zero-order valence-corrected chi connectivity index (χ0v) is 17.4. The summed E-state index contributed by atoms with van der Waals surface area (Å²) < 4.78 is 3.23. The summed E-state index contributed by atoms with van der Waals surface area (Å²) in [6.07, 6.45) is 4.47. The van der Waals surface area contributed by atoms with E-state index in [4.69, 9.17) is 10.2 Å². The number of aryl methyl sites for hydroxylation is 1. The Morgan fingerprint density at radius 2 is 2.03 bits per heavy atom. The van der Waals surface area contributed by atoms with Crippen LogP contribution < -0.4 is 0 Å². The summed E-state index contributed by atoms with van der Waals surface area (Å²) in [6.45, 7) is 1.91. The van der Waals surface area contributed by atoms with Gasteiger partial charge in [-0.05, 0) is 37.6 Å². The molecule has 0 radical (unpaired) electrons. The monoisotopic (exact) mass is 414 g/mol. The van der Waals surface area contributed by atoms with Crippen LogP contribution in [0.5, 0.6) is 0 Å². The largest absolute Gasteiger partial charge is 0.346 e. The molecule has 0 aliphatic carbocycles. The van der Waals surface area contributed by atoms with E-state index in [0.717, 1.165) is 46.4 Å². The van der Waals surface area contributed by atoms with Gasteiger partial charge in [-0.15, -0.1) is 11.3 Å². The summed E-state index contributed by atoms with van der Waals surface area (Å²) in [4.78, 5) is 20.4. The van der Waals surface area contributed by atoms with E-state index in [-0.39, 0.29) is 11.8 Å². The number of benzene rings is 2. The van der Waals surface area contributed by atoms with E-state index in [1.165, 1.54) is 4.70 Å². The number of aromatic nitrogens is 2. The number of hydrogen-bond donors (Lipinski definition) is 0. The molecular weight excluding hydrogens is 392 g/mol. The Balaban J connectivity index is 1.41. The Labute approximate surface area is 179 Å². The minimum absolute atomic E-state index is 0.134. The molecule has 1 aliphatic heterocycles. The van der Waals surface area contributed by atoms with Crippen molar-refractivity contribution in [2.45, 2.75) is 31.8 Å². The molecule has 1 aliphatic rings. The number of para-hydroxylation sites is 2. The average molecular weight is 415 g/mol. The van der Waals surface area contributed by atoms with Crippen LogP contribution in [0.15, 0.2) is 54.7 Å². The van der Waals surface area contributed by atoms with Gasteiger partial charge in [0.05, 0.1) is 35.3 Å². The van der Waals surface area contributed by atoms with Crippen LogP contribution >= 0.6 is 11.3 Å². The fraction of sp³-hybridized carbons (Fsp3) is 0.292. The van der Waals surface area contributed by atoms with Crippen molar-refractivity contribution in [2.24, 2.45) is 0 Å². The first-order chi connectivity index (χ1) is 14.7. The lowest BCUT2D eigenvalue weighted by Gasteiger charge is -2.21. The summed E-state index contributed by atoms with van der Waals surface area (Å²) in [7, 11) is 0. The smallest absolute Gasteiger partial charge is 0.178 e. The van der Waals surface area contributed by atoms with Crippen LogP contribution in [0.3, 0.4) is 0 Å². The van der Waals surface area contributed by atoms with Crippen LogP contribution in [0.4, 0.5) is 0 Å². The third-order valence-electron chi connectivity index (χ3n) is 5.86. The number of Topliss-reactive ketones (excluding diaryl/α,β-unsaturated/α-hetero) is 1. The predicted molar refractivity (Wildman–Crippen MR) is 120 cm³/mol. The molecule has 30 heavy (non-hydrogen) atoms. The molecule has 5 rings (SSSR count). The molecule has 2 aromatic carbocycles. The lowest BCUT2D eigenvalue weighted by Crippen LogP contribution is -2.29. The Morgan fingerprint density at radius 3 is 2.90 bits per heavy atom. The molecule has 0 saturated carbocycles. The zero-order chi connectivity index (χ0) is 20.5. The Kier molecular flexibility index (Phi) is 5.07. The van der Waals surface area contributed by atoms with Crippen LogP contribution in [0.1, 0.15) is 40.7 Å². The van der Waals surface area contributed by atoms with Gasteiger partial charge in [0.15, 0.2) is 5.78 Å². The van der Waals surface area contributed by atoms with Crippen molar-refractivity contribution in [2.75, 3.05) is 13.1 Å². The SMILES string of the molecule is N#CCCn1cc(C(=O)CN2CCCC2c2nc3ccccc3s2)c2ccccc21. The molecule has 1 saturated heterocycles. The summed E-state index contributed by atoms with van der Waals surface area (Å²) in [5.74, 6) is 0.134. The van der Waals surface area contributed by atoms with Gasteiger partial charge < -0.3 is 4.57 Å². The molecule has 0 bridgehead atoms. The maximum Gasteiger partial charge on any atom is 0.178 e. The third-order valence-corrected chi connectivity index (χ3v) is 7.00. The molecule has 3 heterocycles. The molecule has 1 fully saturated rings. The summed E-state index contributed by atoms with van der Waals surface area (Å²) in [5, 5.41) is 11.0. The minimum Gasteiger partial charge on any atom is -0.346 e. The van der Waals surface area contributed by atoms with E-state index in [1.54, 1.807) is 11.3 Å². The van der Waals surface area contributed by atoms with Gasteiger partial charge in [-0.2, -0.15) is 5.26 Å². The molecular formula is C24H22N4OS. The van der Waals surface area contributed by atoms with Gasteiger partial charge in [0.1, 0.15) is 5.01 Å². The molecule has 150 valence electrons. The zero-order valence-electron chi connectivity index (χ0n) is 16.6. The Morgan fingerprint density at radius 1 is 1.20 bits per heavy atom. The number of ketones is 1.